The van der Waals surface area contributed by atoms with Crippen molar-refractivity contribution in [1.29, 1.82) is 0 Å². The first kappa shape index (κ1) is 33.1. The van der Waals surface area contributed by atoms with Crippen LogP contribution in [0.5, 0.6) is 0 Å². The number of thiophene rings is 1. The van der Waals surface area contributed by atoms with Crippen LogP contribution in [0.15, 0.2) is 200 Å². The van der Waals surface area contributed by atoms with Crippen LogP contribution in [0, 0.1) is 0 Å². The lowest BCUT2D eigenvalue weighted by molar-refractivity contribution is 1.07. The number of benzene rings is 9. The van der Waals surface area contributed by atoms with E-state index < -0.39 is 0 Å². The summed E-state index contributed by atoms with van der Waals surface area (Å²) in [5, 5.41) is 7.90. The van der Waals surface area contributed by atoms with E-state index in [0.717, 1.165) is 33.4 Å². The molecule has 266 valence electrons. The van der Waals surface area contributed by atoms with E-state index in [1.807, 2.05) is 72.0 Å². The Morgan fingerprint density at radius 2 is 0.649 bits per heavy atom. The van der Waals surface area contributed by atoms with Crippen LogP contribution in [0.1, 0.15) is 0 Å². The molecule has 11 aromatic rings. The summed E-state index contributed by atoms with van der Waals surface area (Å²) < 4.78 is 2.67. The Hall–Kier alpha value is -7.27. The van der Waals surface area contributed by atoms with Crippen LogP contribution in [0.2, 0.25) is 0 Å². The van der Waals surface area contributed by atoms with E-state index in [0.29, 0.717) is 17.5 Å². The second-order valence-electron chi connectivity index (χ2n) is 14.4. The topological polar surface area (TPSA) is 38.7 Å². The number of aromatic nitrogens is 3. The van der Waals surface area contributed by atoms with Crippen LogP contribution in [-0.4, -0.2) is 15.0 Å². The molecule has 11 rings (SSSR count). The summed E-state index contributed by atoms with van der Waals surface area (Å²) in [7, 11) is 0. The van der Waals surface area contributed by atoms with Crippen molar-refractivity contribution >= 4 is 53.1 Å². The highest BCUT2D eigenvalue weighted by atomic mass is 32.1. The molecule has 0 amide bonds. The van der Waals surface area contributed by atoms with Gasteiger partial charge in [-0.15, -0.1) is 11.3 Å². The normalized spacial score (nSPS) is 11.5. The quantitative estimate of drug-likeness (QED) is 0.159. The molecule has 0 saturated heterocycles. The van der Waals surface area contributed by atoms with Gasteiger partial charge in [-0.05, 0) is 67.7 Å². The maximum atomic E-state index is 4.98. The number of hydrogen-bond donors (Lipinski definition) is 0. The van der Waals surface area contributed by atoms with E-state index in [-0.39, 0.29) is 0 Å². The first-order chi connectivity index (χ1) is 28.2. The minimum atomic E-state index is 0.643. The predicted molar refractivity (Wildman–Crippen MR) is 240 cm³/mol. The lowest BCUT2D eigenvalue weighted by Crippen LogP contribution is -2.00. The van der Waals surface area contributed by atoms with Gasteiger partial charge < -0.3 is 0 Å². The van der Waals surface area contributed by atoms with Gasteiger partial charge in [0.25, 0.3) is 0 Å². The Balaban J connectivity index is 0.985. The van der Waals surface area contributed by atoms with Gasteiger partial charge in [-0.25, -0.2) is 15.0 Å². The maximum Gasteiger partial charge on any atom is 0.164 e. The molecular weight excluding hydrogens is 711 g/mol. The monoisotopic (exact) mass is 743 g/mol. The maximum absolute atomic E-state index is 4.98. The molecule has 2 aromatic heterocycles. The van der Waals surface area contributed by atoms with Crippen LogP contribution in [0.4, 0.5) is 0 Å². The smallest absolute Gasteiger partial charge is 0.164 e. The van der Waals surface area contributed by atoms with Crippen molar-refractivity contribution in [3.8, 4) is 67.5 Å². The van der Waals surface area contributed by atoms with Gasteiger partial charge in [-0.1, -0.05) is 182 Å². The van der Waals surface area contributed by atoms with Crippen LogP contribution < -0.4 is 0 Å². The highest BCUT2D eigenvalue weighted by molar-refractivity contribution is 7.27. The Morgan fingerprint density at radius 3 is 1.25 bits per heavy atom. The second-order valence-corrected chi connectivity index (χ2v) is 15.4. The van der Waals surface area contributed by atoms with Gasteiger partial charge in [0.1, 0.15) is 0 Å². The number of hydrogen-bond acceptors (Lipinski definition) is 4. The molecular formula is C53H33N3S. The molecule has 0 N–H and O–H groups in total. The average Bonchev–Trinajstić information content (AvgIpc) is 3.70. The fourth-order valence-corrected chi connectivity index (χ4v) is 9.57. The molecule has 3 nitrogen and oxygen atoms in total. The molecule has 0 aliphatic carbocycles. The Bertz CT molecular complexity index is 3240. The molecule has 0 atom stereocenters. The van der Waals surface area contributed by atoms with E-state index in [1.54, 1.807) is 0 Å². The third-order valence-electron chi connectivity index (χ3n) is 10.9. The van der Waals surface area contributed by atoms with Crippen LogP contribution in [0.3, 0.4) is 0 Å². The van der Waals surface area contributed by atoms with E-state index in [4.69, 9.17) is 15.0 Å². The predicted octanol–water partition coefficient (Wildman–Crippen LogP) is 14.5. The van der Waals surface area contributed by atoms with Crippen molar-refractivity contribution in [2.75, 3.05) is 0 Å². The van der Waals surface area contributed by atoms with Gasteiger partial charge >= 0.3 is 0 Å². The Kier molecular flexibility index (Phi) is 8.01. The van der Waals surface area contributed by atoms with Crippen molar-refractivity contribution in [3.63, 3.8) is 0 Å². The lowest BCUT2D eigenvalue weighted by atomic mass is 9.94. The number of fused-ring (bicyclic) bond motifs is 8. The largest absolute Gasteiger partial charge is 0.208 e. The van der Waals surface area contributed by atoms with E-state index >= 15 is 0 Å². The van der Waals surface area contributed by atoms with E-state index in [1.165, 1.54) is 58.4 Å². The van der Waals surface area contributed by atoms with Gasteiger partial charge in [0.2, 0.25) is 0 Å². The minimum absolute atomic E-state index is 0.643. The van der Waals surface area contributed by atoms with Crippen LogP contribution in [0.25, 0.3) is 109 Å². The Labute approximate surface area is 334 Å². The fourth-order valence-electron chi connectivity index (χ4n) is 8.18. The SMILES string of the molecule is c1ccc(-c2nc(-c3ccccc3)nc(-c3cccc(-c4cccc(-c5cccc(-c6cccc7c6sc6c8ccccc8c8ccccc8c76)c5)c4)c3)n2)cc1. The fraction of sp³-hybridized carbons (Fsp3) is 0. The number of nitrogens with zero attached hydrogens (tertiary/aromatic N) is 3. The molecule has 4 heteroatoms. The van der Waals surface area contributed by atoms with Crippen molar-refractivity contribution < 1.29 is 0 Å². The first-order valence-electron chi connectivity index (χ1n) is 19.2. The summed E-state index contributed by atoms with van der Waals surface area (Å²) in [6, 6.07) is 71.0. The molecule has 0 bridgehead atoms. The molecule has 0 unspecified atom stereocenters. The van der Waals surface area contributed by atoms with Crippen molar-refractivity contribution in [1.82, 2.24) is 15.0 Å². The van der Waals surface area contributed by atoms with Crippen LogP contribution in [-0.2, 0) is 0 Å². The summed E-state index contributed by atoms with van der Waals surface area (Å²) in [6.07, 6.45) is 0. The Morgan fingerprint density at radius 1 is 0.263 bits per heavy atom. The molecule has 0 aliphatic rings. The highest BCUT2D eigenvalue weighted by Crippen LogP contribution is 2.47. The summed E-state index contributed by atoms with van der Waals surface area (Å²) in [4.78, 5) is 14.8. The van der Waals surface area contributed by atoms with Gasteiger partial charge in [0.05, 0.1) is 0 Å². The van der Waals surface area contributed by atoms with Gasteiger partial charge in [-0.2, -0.15) is 0 Å². The molecule has 9 aromatic carbocycles. The zero-order valence-corrected chi connectivity index (χ0v) is 31.6. The average molecular weight is 744 g/mol. The van der Waals surface area contributed by atoms with E-state index in [2.05, 4.69) is 140 Å². The van der Waals surface area contributed by atoms with E-state index in [9.17, 15) is 0 Å². The van der Waals surface area contributed by atoms with Crippen molar-refractivity contribution in [3.05, 3.63) is 200 Å². The molecule has 0 aliphatic heterocycles. The zero-order chi connectivity index (χ0) is 37.7. The summed E-state index contributed by atoms with van der Waals surface area (Å²) in [5.74, 6) is 1.95. The highest BCUT2D eigenvalue weighted by Gasteiger charge is 2.17. The minimum Gasteiger partial charge on any atom is -0.208 e. The van der Waals surface area contributed by atoms with Gasteiger partial charge in [-0.3, -0.25) is 0 Å². The standard InChI is InChI=1S/C53H33N3S/c1-3-15-34(16-4-1)51-54-52(35-17-5-2-6-18-35)56-53(55-51)41-24-13-22-39(33-41)37-20-11-19-36(31-37)38-21-12-23-40(32-38)42-29-14-30-47-48-45-27-9-7-25-43(45)44-26-8-10-28-46(44)50(48)57-49(42)47/h1-33H. The lowest BCUT2D eigenvalue weighted by Gasteiger charge is -2.11. The second kappa shape index (κ2) is 13.8. The van der Waals surface area contributed by atoms with Gasteiger partial charge in [0.15, 0.2) is 17.5 Å². The van der Waals surface area contributed by atoms with Crippen molar-refractivity contribution in [2.45, 2.75) is 0 Å². The first-order valence-corrected chi connectivity index (χ1v) is 20.0. The molecule has 0 radical (unpaired) electrons. The molecule has 0 saturated carbocycles. The van der Waals surface area contributed by atoms with Gasteiger partial charge in [0, 0.05) is 42.2 Å². The van der Waals surface area contributed by atoms with Crippen molar-refractivity contribution in [2.24, 2.45) is 0 Å². The molecule has 0 fully saturated rings. The zero-order valence-electron chi connectivity index (χ0n) is 30.8. The summed E-state index contributed by atoms with van der Waals surface area (Å²) >= 11 is 1.91. The number of rotatable bonds is 6. The molecule has 0 spiro atoms. The third kappa shape index (κ3) is 5.86. The summed E-state index contributed by atoms with van der Waals surface area (Å²) in [6.45, 7) is 0. The van der Waals surface area contributed by atoms with Crippen LogP contribution >= 0.6 is 11.3 Å². The molecule has 2 heterocycles. The third-order valence-corrected chi connectivity index (χ3v) is 12.2. The summed E-state index contributed by atoms with van der Waals surface area (Å²) in [5.41, 5.74) is 9.89. The molecule has 57 heavy (non-hydrogen) atoms.